The summed E-state index contributed by atoms with van der Waals surface area (Å²) in [6.45, 7) is 7.66. The van der Waals surface area contributed by atoms with Gasteiger partial charge in [-0.1, -0.05) is 17.7 Å². The van der Waals surface area contributed by atoms with Gasteiger partial charge in [0.05, 0.1) is 6.54 Å². The largest absolute Gasteiger partial charge is 0.508 e. The molecule has 116 valence electrons. The molecule has 2 rings (SSSR count). The number of aryl methyl sites for hydroxylation is 1. The Balaban J connectivity index is 2.00. The smallest absolute Gasteiger partial charge is 0.236 e. The average molecular weight is 291 g/mol. The summed E-state index contributed by atoms with van der Waals surface area (Å²) in [5, 5.41) is 13.3. The molecular formula is C16H25N3O2. The van der Waals surface area contributed by atoms with E-state index in [0.717, 1.165) is 37.3 Å². The zero-order chi connectivity index (χ0) is 15.4. The first-order valence-corrected chi connectivity index (χ1v) is 7.47. The molecule has 5 heteroatoms. The fourth-order valence-electron chi connectivity index (χ4n) is 2.61. The molecule has 2 N–H and O–H groups in total. The van der Waals surface area contributed by atoms with Crippen LogP contribution in [0.2, 0.25) is 0 Å². The van der Waals surface area contributed by atoms with Crippen molar-refractivity contribution in [2.24, 2.45) is 0 Å². The van der Waals surface area contributed by atoms with E-state index in [1.807, 2.05) is 42.8 Å². The standard InChI is InChI=1S/C16H25N3O2/c1-12-4-5-15(20)14(10-12)13(2)18(3)11-16(21)19-8-6-17-7-9-19/h4-5,10,13,17,20H,6-9,11H2,1-3H3. The minimum Gasteiger partial charge on any atom is -0.508 e. The summed E-state index contributed by atoms with van der Waals surface area (Å²) in [4.78, 5) is 16.2. The molecule has 1 atom stereocenters. The molecule has 1 aromatic rings. The van der Waals surface area contributed by atoms with Gasteiger partial charge in [0, 0.05) is 37.8 Å². The van der Waals surface area contributed by atoms with Crippen LogP contribution in [0.1, 0.15) is 24.1 Å². The molecule has 1 fully saturated rings. The van der Waals surface area contributed by atoms with Crippen LogP contribution in [-0.4, -0.2) is 60.6 Å². The van der Waals surface area contributed by atoms with E-state index in [4.69, 9.17) is 0 Å². The first-order chi connectivity index (χ1) is 9.99. The van der Waals surface area contributed by atoms with E-state index in [-0.39, 0.29) is 17.7 Å². The van der Waals surface area contributed by atoms with Gasteiger partial charge in [0.2, 0.25) is 5.91 Å². The number of phenolic OH excluding ortho intramolecular Hbond substituents is 1. The number of nitrogens with zero attached hydrogens (tertiary/aromatic N) is 2. The first-order valence-electron chi connectivity index (χ1n) is 7.47. The Morgan fingerprint density at radius 3 is 2.76 bits per heavy atom. The predicted octanol–water partition coefficient (Wildman–Crippen LogP) is 1.13. The number of benzene rings is 1. The molecule has 1 unspecified atom stereocenters. The highest BCUT2D eigenvalue weighted by Gasteiger charge is 2.21. The number of piperazine rings is 1. The molecule has 1 amide bonds. The maximum Gasteiger partial charge on any atom is 0.236 e. The maximum atomic E-state index is 12.3. The minimum absolute atomic E-state index is 0.00299. The Bertz CT molecular complexity index is 498. The number of hydrogen-bond acceptors (Lipinski definition) is 4. The summed E-state index contributed by atoms with van der Waals surface area (Å²) in [7, 11) is 1.92. The zero-order valence-electron chi connectivity index (χ0n) is 13.1. The highest BCUT2D eigenvalue weighted by atomic mass is 16.3. The molecule has 1 heterocycles. The number of nitrogens with one attached hydrogen (secondary N) is 1. The summed E-state index contributed by atoms with van der Waals surface area (Å²) in [5.41, 5.74) is 1.97. The van der Waals surface area contributed by atoms with Gasteiger partial charge in [-0.2, -0.15) is 0 Å². The topological polar surface area (TPSA) is 55.8 Å². The van der Waals surface area contributed by atoms with E-state index in [0.29, 0.717) is 6.54 Å². The van der Waals surface area contributed by atoms with Crippen LogP contribution in [0.5, 0.6) is 5.75 Å². The molecule has 0 aliphatic carbocycles. The van der Waals surface area contributed by atoms with Crippen molar-refractivity contribution in [2.75, 3.05) is 39.8 Å². The van der Waals surface area contributed by atoms with E-state index in [1.54, 1.807) is 6.07 Å². The highest BCUT2D eigenvalue weighted by molar-refractivity contribution is 5.78. The molecule has 0 bridgehead atoms. The maximum absolute atomic E-state index is 12.3. The molecule has 0 aromatic heterocycles. The van der Waals surface area contributed by atoms with Gasteiger partial charge in [-0.05, 0) is 27.0 Å². The lowest BCUT2D eigenvalue weighted by molar-refractivity contribution is -0.133. The lowest BCUT2D eigenvalue weighted by atomic mass is 10.0. The van der Waals surface area contributed by atoms with Gasteiger partial charge in [-0.25, -0.2) is 0 Å². The van der Waals surface area contributed by atoms with Gasteiger partial charge in [0.1, 0.15) is 5.75 Å². The van der Waals surface area contributed by atoms with E-state index >= 15 is 0 Å². The summed E-state index contributed by atoms with van der Waals surface area (Å²) in [5.74, 6) is 0.438. The summed E-state index contributed by atoms with van der Waals surface area (Å²) < 4.78 is 0. The molecular weight excluding hydrogens is 266 g/mol. The van der Waals surface area contributed by atoms with Gasteiger partial charge in [-0.15, -0.1) is 0 Å². The van der Waals surface area contributed by atoms with Crippen molar-refractivity contribution < 1.29 is 9.90 Å². The van der Waals surface area contributed by atoms with Crippen LogP contribution in [0, 0.1) is 6.92 Å². The Kier molecular flexibility index (Phi) is 5.20. The second-order valence-electron chi connectivity index (χ2n) is 5.78. The van der Waals surface area contributed by atoms with Crippen LogP contribution in [0.25, 0.3) is 0 Å². The highest BCUT2D eigenvalue weighted by Crippen LogP contribution is 2.28. The number of phenols is 1. The molecule has 1 saturated heterocycles. The van der Waals surface area contributed by atoms with Crippen LogP contribution in [0.3, 0.4) is 0 Å². The normalized spacial score (nSPS) is 17.0. The van der Waals surface area contributed by atoms with Crippen LogP contribution in [-0.2, 0) is 4.79 Å². The van der Waals surface area contributed by atoms with Crippen LogP contribution >= 0.6 is 0 Å². The third-order valence-corrected chi connectivity index (χ3v) is 4.15. The molecule has 5 nitrogen and oxygen atoms in total. The number of likely N-dealkylation sites (N-methyl/N-ethyl adjacent to an activating group) is 1. The van der Waals surface area contributed by atoms with Crippen molar-refractivity contribution in [3.63, 3.8) is 0 Å². The third kappa shape index (κ3) is 3.95. The van der Waals surface area contributed by atoms with Crippen molar-refractivity contribution in [3.05, 3.63) is 29.3 Å². The van der Waals surface area contributed by atoms with Crippen molar-refractivity contribution in [1.29, 1.82) is 0 Å². The zero-order valence-corrected chi connectivity index (χ0v) is 13.1. The van der Waals surface area contributed by atoms with E-state index in [1.165, 1.54) is 0 Å². The summed E-state index contributed by atoms with van der Waals surface area (Å²) in [6, 6.07) is 5.58. The van der Waals surface area contributed by atoms with Gasteiger partial charge >= 0.3 is 0 Å². The average Bonchev–Trinajstić information content (AvgIpc) is 2.49. The van der Waals surface area contributed by atoms with Gasteiger partial charge in [0.25, 0.3) is 0 Å². The fraction of sp³-hybridized carbons (Fsp3) is 0.562. The van der Waals surface area contributed by atoms with Crippen molar-refractivity contribution in [1.82, 2.24) is 15.1 Å². The van der Waals surface area contributed by atoms with Crippen molar-refractivity contribution in [3.8, 4) is 5.75 Å². The number of rotatable bonds is 4. The van der Waals surface area contributed by atoms with Crippen molar-refractivity contribution >= 4 is 5.91 Å². The first kappa shape index (κ1) is 15.8. The van der Waals surface area contributed by atoms with Crippen LogP contribution < -0.4 is 5.32 Å². The minimum atomic E-state index is -0.00299. The fourth-order valence-corrected chi connectivity index (χ4v) is 2.61. The number of carbonyl (C=O) groups excluding carboxylic acids is 1. The SMILES string of the molecule is Cc1ccc(O)c(C(C)N(C)CC(=O)N2CCNCC2)c1. The lowest BCUT2D eigenvalue weighted by Crippen LogP contribution is -2.49. The Morgan fingerprint density at radius 2 is 2.10 bits per heavy atom. The Morgan fingerprint density at radius 1 is 1.43 bits per heavy atom. The quantitative estimate of drug-likeness (QED) is 0.873. The van der Waals surface area contributed by atoms with E-state index in [2.05, 4.69) is 5.32 Å². The number of hydrogen-bond donors (Lipinski definition) is 2. The van der Waals surface area contributed by atoms with Gasteiger partial charge in [-0.3, -0.25) is 9.69 Å². The third-order valence-electron chi connectivity index (χ3n) is 4.15. The van der Waals surface area contributed by atoms with E-state index in [9.17, 15) is 9.90 Å². The van der Waals surface area contributed by atoms with Crippen molar-refractivity contribution in [2.45, 2.75) is 19.9 Å². The second kappa shape index (κ2) is 6.91. The monoisotopic (exact) mass is 291 g/mol. The molecule has 21 heavy (non-hydrogen) atoms. The Labute approximate surface area is 126 Å². The molecule has 0 radical (unpaired) electrons. The van der Waals surface area contributed by atoms with Crippen LogP contribution in [0.15, 0.2) is 18.2 Å². The summed E-state index contributed by atoms with van der Waals surface area (Å²) >= 11 is 0. The molecule has 1 aromatic carbocycles. The lowest BCUT2D eigenvalue weighted by Gasteiger charge is -2.31. The number of aromatic hydroxyl groups is 1. The summed E-state index contributed by atoms with van der Waals surface area (Å²) in [6.07, 6.45) is 0. The molecule has 0 saturated carbocycles. The van der Waals surface area contributed by atoms with E-state index < -0.39 is 0 Å². The Hall–Kier alpha value is -1.59. The molecule has 0 spiro atoms. The van der Waals surface area contributed by atoms with Gasteiger partial charge in [0.15, 0.2) is 0 Å². The number of amides is 1. The molecule has 1 aliphatic heterocycles. The molecule has 1 aliphatic rings. The predicted molar refractivity (Wildman–Crippen MR) is 83.3 cm³/mol. The van der Waals surface area contributed by atoms with Crippen LogP contribution in [0.4, 0.5) is 0 Å². The number of carbonyl (C=O) groups is 1. The second-order valence-corrected chi connectivity index (χ2v) is 5.78. The van der Waals surface area contributed by atoms with Gasteiger partial charge < -0.3 is 15.3 Å².